The summed E-state index contributed by atoms with van der Waals surface area (Å²) in [4.78, 5) is 15.9. The molecule has 2 aliphatic heterocycles. The van der Waals surface area contributed by atoms with Crippen LogP contribution in [0.15, 0.2) is 42.5 Å². The number of benzene rings is 2. The summed E-state index contributed by atoms with van der Waals surface area (Å²) in [6, 6.07) is 14.4. The summed E-state index contributed by atoms with van der Waals surface area (Å²) in [5.41, 5.74) is 3.45. The molecule has 2 aliphatic rings. The number of quaternary nitrogens is 2. The summed E-state index contributed by atoms with van der Waals surface area (Å²) in [5, 5.41) is 3.21. The number of carbonyl (C=O) groups excluding carboxylic acids is 1. The summed E-state index contributed by atoms with van der Waals surface area (Å²) in [7, 11) is 0. The number of ether oxygens (including phenoxy) is 2. The highest BCUT2D eigenvalue weighted by atomic mass is 16.7. The first kappa shape index (κ1) is 21.7. The van der Waals surface area contributed by atoms with Crippen LogP contribution >= 0.6 is 0 Å². The van der Waals surface area contributed by atoms with Gasteiger partial charge in [-0.15, -0.1) is 0 Å². The molecule has 0 radical (unpaired) electrons. The van der Waals surface area contributed by atoms with E-state index in [0.29, 0.717) is 12.7 Å². The van der Waals surface area contributed by atoms with Gasteiger partial charge in [0.05, 0.1) is 0 Å². The van der Waals surface area contributed by atoms with E-state index in [1.165, 1.54) is 16.0 Å². The fraction of sp³-hybridized carbons (Fsp3) is 0.480. The van der Waals surface area contributed by atoms with E-state index in [1.54, 1.807) is 4.90 Å². The Kier molecular flexibility index (Phi) is 6.78. The average Bonchev–Trinajstić information content (AvgIpc) is 3.27. The second-order valence-electron chi connectivity index (χ2n) is 8.88. The van der Waals surface area contributed by atoms with E-state index in [0.717, 1.165) is 56.3 Å². The standard InChI is InChI=1S/C25H33N3O3/c1-4-18(2)21-7-5-6-8-22(21)26-25(29)19(3)28-13-11-27(12-14-28)16-20-9-10-23-24(15-20)31-17-30-23/h5-10,15,18-19H,4,11-14,16-17H2,1-3H3,(H,26,29)/p+2/t18-,19-/m1/s1. The van der Waals surface area contributed by atoms with Gasteiger partial charge < -0.3 is 24.6 Å². The summed E-state index contributed by atoms with van der Waals surface area (Å²) in [5.74, 6) is 2.24. The minimum atomic E-state index is -0.0583. The topological polar surface area (TPSA) is 56.4 Å². The Hall–Kier alpha value is -2.57. The maximum atomic E-state index is 13.0. The minimum absolute atomic E-state index is 0.0583. The maximum Gasteiger partial charge on any atom is 0.282 e. The minimum Gasteiger partial charge on any atom is -0.454 e. The van der Waals surface area contributed by atoms with Gasteiger partial charge in [-0.1, -0.05) is 32.0 Å². The van der Waals surface area contributed by atoms with E-state index in [1.807, 2.05) is 24.3 Å². The van der Waals surface area contributed by atoms with E-state index >= 15 is 0 Å². The van der Waals surface area contributed by atoms with Crippen molar-refractivity contribution >= 4 is 11.6 Å². The largest absolute Gasteiger partial charge is 0.454 e. The number of rotatable bonds is 7. The first-order chi connectivity index (χ1) is 15.0. The molecule has 6 nitrogen and oxygen atoms in total. The summed E-state index contributed by atoms with van der Waals surface area (Å²) >= 11 is 0. The highest BCUT2D eigenvalue weighted by Crippen LogP contribution is 2.32. The number of para-hydroxylation sites is 1. The van der Waals surface area contributed by atoms with Crippen LogP contribution in [0.25, 0.3) is 0 Å². The number of fused-ring (bicyclic) bond motifs is 1. The third kappa shape index (κ3) is 5.02. The second kappa shape index (κ2) is 9.71. The molecule has 166 valence electrons. The van der Waals surface area contributed by atoms with Gasteiger partial charge in [-0.3, -0.25) is 4.79 Å². The molecule has 1 saturated heterocycles. The molecule has 1 amide bonds. The van der Waals surface area contributed by atoms with Crippen molar-refractivity contribution in [2.45, 2.75) is 45.7 Å². The number of hydrogen-bond acceptors (Lipinski definition) is 3. The molecule has 2 aromatic rings. The van der Waals surface area contributed by atoms with E-state index in [9.17, 15) is 4.79 Å². The van der Waals surface area contributed by atoms with E-state index < -0.39 is 0 Å². The van der Waals surface area contributed by atoms with Crippen molar-refractivity contribution in [1.29, 1.82) is 0 Å². The molecular formula is C25H35N3O3+2. The first-order valence-electron chi connectivity index (χ1n) is 11.5. The normalized spacial score (nSPS) is 22.0. The summed E-state index contributed by atoms with van der Waals surface area (Å²) in [6.07, 6.45) is 1.06. The molecule has 3 N–H and O–H groups in total. The monoisotopic (exact) mass is 425 g/mol. The Bertz CT molecular complexity index is 909. The van der Waals surface area contributed by atoms with Gasteiger partial charge in [-0.2, -0.15) is 0 Å². The van der Waals surface area contributed by atoms with E-state index in [-0.39, 0.29) is 11.9 Å². The molecule has 1 fully saturated rings. The summed E-state index contributed by atoms with van der Waals surface area (Å²) in [6.45, 7) is 11.9. The summed E-state index contributed by atoms with van der Waals surface area (Å²) < 4.78 is 10.9. The molecule has 2 aromatic carbocycles. The number of amides is 1. The Morgan fingerprint density at radius 2 is 1.77 bits per heavy atom. The molecule has 0 unspecified atom stereocenters. The van der Waals surface area contributed by atoms with Crippen molar-refractivity contribution in [3.05, 3.63) is 53.6 Å². The molecule has 31 heavy (non-hydrogen) atoms. The highest BCUT2D eigenvalue weighted by Gasteiger charge is 2.31. The zero-order chi connectivity index (χ0) is 21.8. The Balaban J connectivity index is 1.30. The lowest BCUT2D eigenvalue weighted by molar-refractivity contribution is -1.02. The number of hydrogen-bond donors (Lipinski definition) is 3. The number of piperazine rings is 1. The van der Waals surface area contributed by atoms with Crippen molar-refractivity contribution in [2.24, 2.45) is 0 Å². The molecule has 0 bridgehead atoms. The van der Waals surface area contributed by atoms with Crippen LogP contribution in [0.2, 0.25) is 0 Å². The number of nitrogens with one attached hydrogen (secondary N) is 3. The molecule has 2 heterocycles. The van der Waals surface area contributed by atoms with Crippen molar-refractivity contribution in [3.63, 3.8) is 0 Å². The third-order valence-electron chi connectivity index (χ3n) is 6.86. The molecule has 0 aliphatic carbocycles. The lowest BCUT2D eigenvalue weighted by Gasteiger charge is -2.32. The van der Waals surface area contributed by atoms with E-state index in [4.69, 9.17) is 9.47 Å². The van der Waals surface area contributed by atoms with Gasteiger partial charge in [0.25, 0.3) is 5.91 Å². The molecule has 0 aromatic heterocycles. The fourth-order valence-corrected chi connectivity index (χ4v) is 4.56. The predicted molar refractivity (Wildman–Crippen MR) is 121 cm³/mol. The molecule has 4 rings (SSSR count). The van der Waals surface area contributed by atoms with Gasteiger partial charge in [0.15, 0.2) is 17.5 Å². The Morgan fingerprint density at radius 1 is 1.03 bits per heavy atom. The van der Waals surface area contributed by atoms with Crippen molar-refractivity contribution < 1.29 is 24.1 Å². The van der Waals surface area contributed by atoms with Crippen LogP contribution in [0.1, 0.15) is 44.2 Å². The number of anilines is 1. The van der Waals surface area contributed by atoms with Gasteiger partial charge >= 0.3 is 0 Å². The third-order valence-corrected chi connectivity index (χ3v) is 6.86. The fourth-order valence-electron chi connectivity index (χ4n) is 4.56. The lowest BCUT2D eigenvalue weighted by atomic mass is 9.97. The van der Waals surface area contributed by atoms with Crippen molar-refractivity contribution in [1.82, 2.24) is 0 Å². The van der Waals surface area contributed by atoms with Crippen LogP contribution in [0.5, 0.6) is 11.5 Å². The maximum absolute atomic E-state index is 13.0. The van der Waals surface area contributed by atoms with Crippen LogP contribution in [0.4, 0.5) is 5.69 Å². The van der Waals surface area contributed by atoms with E-state index in [2.05, 4.69) is 44.3 Å². The lowest BCUT2D eigenvalue weighted by Crippen LogP contribution is -3.29. The van der Waals surface area contributed by atoms with Crippen molar-refractivity contribution in [3.8, 4) is 11.5 Å². The smallest absolute Gasteiger partial charge is 0.282 e. The van der Waals surface area contributed by atoms with Gasteiger partial charge in [0.1, 0.15) is 32.7 Å². The van der Waals surface area contributed by atoms with Crippen LogP contribution in [0.3, 0.4) is 0 Å². The zero-order valence-electron chi connectivity index (χ0n) is 18.9. The zero-order valence-corrected chi connectivity index (χ0v) is 18.9. The van der Waals surface area contributed by atoms with Gasteiger partial charge in [-0.25, -0.2) is 0 Å². The van der Waals surface area contributed by atoms with Crippen LogP contribution in [-0.4, -0.2) is 44.9 Å². The molecule has 6 heteroatoms. The molecule has 0 spiro atoms. The Labute approximate surface area is 185 Å². The quantitative estimate of drug-likeness (QED) is 0.626. The number of carbonyl (C=O) groups is 1. The average molecular weight is 426 g/mol. The van der Waals surface area contributed by atoms with Gasteiger partial charge in [-0.05, 0) is 49.1 Å². The molecular weight excluding hydrogens is 390 g/mol. The van der Waals surface area contributed by atoms with Crippen molar-refractivity contribution in [2.75, 3.05) is 38.3 Å². The predicted octanol–water partition coefficient (Wildman–Crippen LogP) is 1.24. The van der Waals surface area contributed by atoms with Gasteiger partial charge in [0, 0.05) is 11.3 Å². The van der Waals surface area contributed by atoms with Crippen LogP contribution in [-0.2, 0) is 11.3 Å². The highest BCUT2D eigenvalue weighted by molar-refractivity contribution is 5.94. The van der Waals surface area contributed by atoms with Crippen LogP contribution < -0.4 is 24.6 Å². The molecule has 2 atom stereocenters. The first-order valence-corrected chi connectivity index (χ1v) is 11.5. The van der Waals surface area contributed by atoms with Crippen LogP contribution in [0, 0.1) is 0 Å². The SMILES string of the molecule is CC[C@@H](C)c1ccccc1NC(=O)[C@@H](C)[NH+]1CC[NH+](Cc2ccc3c(c2)OCO3)CC1. The Morgan fingerprint density at radius 3 is 2.55 bits per heavy atom. The molecule has 0 saturated carbocycles. The van der Waals surface area contributed by atoms with Gasteiger partial charge in [0.2, 0.25) is 6.79 Å². The second-order valence-corrected chi connectivity index (χ2v) is 8.88.